The van der Waals surface area contributed by atoms with Crippen LogP contribution in [-0.2, 0) is 4.79 Å². The molecule has 0 spiro atoms. The molecule has 0 radical (unpaired) electrons. The van der Waals surface area contributed by atoms with Crippen LogP contribution < -0.4 is 5.32 Å². The van der Waals surface area contributed by atoms with Gasteiger partial charge in [-0.1, -0.05) is 19.8 Å². The number of nitrogens with one attached hydrogen (secondary N) is 1. The fraction of sp³-hybridized carbons (Fsp3) is 0.917. The van der Waals surface area contributed by atoms with E-state index in [0.29, 0.717) is 5.92 Å². The maximum atomic E-state index is 12.6. The minimum Gasteiger partial charge on any atom is -0.353 e. The van der Waals surface area contributed by atoms with Crippen molar-refractivity contribution in [3.63, 3.8) is 0 Å². The summed E-state index contributed by atoms with van der Waals surface area (Å²) in [6.07, 6.45) is 3.95. The number of carbonyl (C=O) groups excluding carboxylic acids is 1. The Kier molecular flexibility index (Phi) is 3.17. The van der Waals surface area contributed by atoms with Gasteiger partial charge < -0.3 is 5.32 Å². The van der Waals surface area contributed by atoms with Crippen molar-refractivity contribution in [1.82, 2.24) is 5.32 Å². The third kappa shape index (κ3) is 2.53. The summed E-state index contributed by atoms with van der Waals surface area (Å²) >= 11 is 0. The molecule has 1 unspecified atom stereocenters. The lowest BCUT2D eigenvalue weighted by molar-refractivity contribution is -0.151. The van der Waals surface area contributed by atoms with Gasteiger partial charge in [0.25, 0.3) is 0 Å². The molecule has 0 aromatic heterocycles. The number of hydrogen-bond acceptors (Lipinski definition) is 1. The van der Waals surface area contributed by atoms with Crippen molar-refractivity contribution in [2.24, 2.45) is 11.8 Å². The highest BCUT2D eigenvalue weighted by molar-refractivity contribution is 5.80. The molecule has 2 fully saturated rings. The molecule has 0 bridgehead atoms. The Morgan fingerprint density at radius 1 is 1.25 bits per heavy atom. The van der Waals surface area contributed by atoms with E-state index in [1.54, 1.807) is 0 Å². The lowest BCUT2D eigenvalue weighted by Crippen LogP contribution is -2.49. The van der Waals surface area contributed by atoms with Crippen molar-refractivity contribution in [1.29, 1.82) is 0 Å². The van der Waals surface area contributed by atoms with E-state index in [-0.39, 0.29) is 24.8 Å². The van der Waals surface area contributed by atoms with Gasteiger partial charge in [-0.2, -0.15) is 0 Å². The van der Waals surface area contributed by atoms with E-state index in [0.717, 1.165) is 19.3 Å². The van der Waals surface area contributed by atoms with Crippen molar-refractivity contribution >= 4 is 5.91 Å². The monoisotopic (exact) mass is 231 g/mol. The summed E-state index contributed by atoms with van der Waals surface area (Å²) in [4.78, 5) is 11.7. The highest BCUT2D eigenvalue weighted by Crippen LogP contribution is 2.42. The summed E-state index contributed by atoms with van der Waals surface area (Å²) in [6, 6.07) is 0.204. The molecular formula is C12H19F2NO. The maximum absolute atomic E-state index is 12.6. The SMILES string of the molecule is CC1CCCC[C@H]1NC(=O)C1CC(F)(F)C1. The van der Waals surface area contributed by atoms with Crippen LogP contribution in [0.5, 0.6) is 0 Å². The van der Waals surface area contributed by atoms with E-state index < -0.39 is 11.8 Å². The fourth-order valence-electron chi connectivity index (χ4n) is 2.68. The number of carbonyl (C=O) groups is 1. The molecule has 2 nitrogen and oxygen atoms in total. The molecule has 2 aliphatic rings. The van der Waals surface area contributed by atoms with Crippen LogP contribution in [0.4, 0.5) is 8.78 Å². The van der Waals surface area contributed by atoms with Gasteiger partial charge in [0.15, 0.2) is 0 Å². The molecule has 2 rings (SSSR count). The van der Waals surface area contributed by atoms with Crippen LogP contribution in [0, 0.1) is 11.8 Å². The van der Waals surface area contributed by atoms with E-state index in [9.17, 15) is 13.6 Å². The van der Waals surface area contributed by atoms with Gasteiger partial charge in [-0.05, 0) is 18.8 Å². The molecule has 2 saturated carbocycles. The second-order valence-corrected chi connectivity index (χ2v) is 5.34. The summed E-state index contributed by atoms with van der Waals surface area (Å²) in [5, 5.41) is 2.94. The number of hydrogen-bond donors (Lipinski definition) is 1. The highest BCUT2D eigenvalue weighted by atomic mass is 19.3. The minimum absolute atomic E-state index is 0.162. The summed E-state index contributed by atoms with van der Waals surface area (Å²) < 4.78 is 25.2. The fourth-order valence-corrected chi connectivity index (χ4v) is 2.68. The van der Waals surface area contributed by atoms with Gasteiger partial charge in [0.05, 0.1) is 0 Å². The van der Waals surface area contributed by atoms with Crippen molar-refractivity contribution in [2.45, 2.75) is 57.4 Å². The van der Waals surface area contributed by atoms with Gasteiger partial charge in [0, 0.05) is 24.8 Å². The third-order valence-electron chi connectivity index (χ3n) is 3.90. The number of amides is 1. The molecule has 0 saturated heterocycles. The lowest BCUT2D eigenvalue weighted by Gasteiger charge is -2.36. The molecule has 0 aromatic carbocycles. The average molecular weight is 231 g/mol. The Balaban J connectivity index is 1.79. The van der Waals surface area contributed by atoms with Crippen molar-refractivity contribution in [3.05, 3.63) is 0 Å². The topological polar surface area (TPSA) is 29.1 Å². The average Bonchev–Trinajstić information content (AvgIpc) is 2.17. The van der Waals surface area contributed by atoms with Crippen molar-refractivity contribution in [2.75, 3.05) is 0 Å². The molecule has 4 heteroatoms. The Morgan fingerprint density at radius 3 is 2.44 bits per heavy atom. The molecule has 92 valence electrons. The molecule has 0 heterocycles. The number of alkyl halides is 2. The van der Waals surface area contributed by atoms with Gasteiger partial charge in [-0.25, -0.2) is 8.78 Å². The van der Waals surface area contributed by atoms with E-state index in [4.69, 9.17) is 0 Å². The second kappa shape index (κ2) is 4.30. The van der Waals surface area contributed by atoms with Gasteiger partial charge >= 0.3 is 0 Å². The van der Waals surface area contributed by atoms with Crippen LogP contribution in [0.2, 0.25) is 0 Å². The first-order chi connectivity index (χ1) is 7.48. The summed E-state index contributed by atoms with van der Waals surface area (Å²) in [5.74, 6) is -2.73. The Morgan fingerprint density at radius 2 is 1.88 bits per heavy atom. The zero-order valence-corrected chi connectivity index (χ0v) is 9.64. The third-order valence-corrected chi connectivity index (χ3v) is 3.90. The van der Waals surface area contributed by atoms with E-state index in [2.05, 4.69) is 12.2 Å². The van der Waals surface area contributed by atoms with E-state index in [1.165, 1.54) is 6.42 Å². The molecular weight excluding hydrogens is 212 g/mol. The largest absolute Gasteiger partial charge is 0.353 e. The van der Waals surface area contributed by atoms with E-state index >= 15 is 0 Å². The van der Waals surface area contributed by atoms with E-state index in [1.807, 2.05) is 0 Å². The summed E-state index contributed by atoms with van der Waals surface area (Å²) in [6.45, 7) is 2.12. The summed E-state index contributed by atoms with van der Waals surface area (Å²) in [7, 11) is 0. The molecule has 2 atom stereocenters. The number of halogens is 2. The minimum atomic E-state index is -2.60. The van der Waals surface area contributed by atoms with Crippen LogP contribution >= 0.6 is 0 Å². The van der Waals surface area contributed by atoms with Crippen LogP contribution in [0.1, 0.15) is 45.4 Å². The zero-order valence-electron chi connectivity index (χ0n) is 9.64. The molecule has 1 N–H and O–H groups in total. The molecule has 0 aromatic rings. The smallest absolute Gasteiger partial charge is 0.249 e. The Labute approximate surface area is 94.8 Å². The number of rotatable bonds is 2. The second-order valence-electron chi connectivity index (χ2n) is 5.34. The first-order valence-corrected chi connectivity index (χ1v) is 6.16. The van der Waals surface area contributed by atoms with Crippen molar-refractivity contribution in [3.8, 4) is 0 Å². The highest BCUT2D eigenvalue weighted by Gasteiger charge is 2.49. The normalized spacial score (nSPS) is 34.2. The molecule has 2 aliphatic carbocycles. The van der Waals surface area contributed by atoms with Crippen LogP contribution in [0.25, 0.3) is 0 Å². The van der Waals surface area contributed by atoms with Crippen molar-refractivity contribution < 1.29 is 13.6 Å². The van der Waals surface area contributed by atoms with Crippen LogP contribution in [-0.4, -0.2) is 17.9 Å². The van der Waals surface area contributed by atoms with Gasteiger partial charge in [0.1, 0.15) is 0 Å². The Bertz CT molecular complexity index is 272. The molecule has 16 heavy (non-hydrogen) atoms. The predicted molar refractivity (Wildman–Crippen MR) is 57.2 cm³/mol. The standard InChI is InChI=1S/C12H19F2NO/c1-8-4-2-3-5-10(8)15-11(16)9-6-12(13,14)7-9/h8-10H,2-7H2,1H3,(H,15,16)/t8?,10-/m1/s1. The zero-order chi connectivity index (χ0) is 11.8. The van der Waals surface area contributed by atoms with Crippen LogP contribution in [0.15, 0.2) is 0 Å². The molecule has 1 amide bonds. The molecule has 0 aliphatic heterocycles. The van der Waals surface area contributed by atoms with Gasteiger partial charge in [-0.15, -0.1) is 0 Å². The predicted octanol–water partition coefficient (Wildman–Crippen LogP) is 2.73. The maximum Gasteiger partial charge on any atom is 0.249 e. The van der Waals surface area contributed by atoms with Gasteiger partial charge in [0.2, 0.25) is 11.8 Å². The lowest BCUT2D eigenvalue weighted by atomic mass is 9.79. The Hall–Kier alpha value is -0.670. The first kappa shape index (κ1) is 11.8. The van der Waals surface area contributed by atoms with Crippen LogP contribution in [0.3, 0.4) is 0 Å². The summed E-state index contributed by atoms with van der Waals surface area (Å²) in [5.41, 5.74) is 0. The van der Waals surface area contributed by atoms with Gasteiger partial charge in [-0.3, -0.25) is 4.79 Å². The quantitative estimate of drug-likeness (QED) is 0.778. The first-order valence-electron chi connectivity index (χ1n) is 6.16.